The molecule has 0 spiro atoms. The lowest BCUT2D eigenvalue weighted by Crippen LogP contribution is -1.91. The van der Waals surface area contributed by atoms with Crippen molar-refractivity contribution >= 4 is 0 Å². The maximum atomic E-state index is 5.06. The van der Waals surface area contributed by atoms with Gasteiger partial charge in [0.05, 0.1) is 5.70 Å². The molecule has 0 rings (SSSR count). The molecule has 0 unspecified atom stereocenters. The Kier molecular flexibility index (Phi) is 4.63. The quantitative estimate of drug-likeness (QED) is 0.450. The van der Waals surface area contributed by atoms with E-state index in [1.807, 2.05) is 6.92 Å². The highest BCUT2D eigenvalue weighted by molar-refractivity contribution is 5.05. The van der Waals surface area contributed by atoms with Crippen LogP contribution in [0.25, 0.3) is 0 Å². The van der Waals surface area contributed by atoms with Crippen LogP contribution in [-0.2, 0) is 0 Å². The van der Waals surface area contributed by atoms with Gasteiger partial charge in [0.2, 0.25) is 0 Å². The Hall–Kier alpha value is -0.960. The average Bonchev–Trinajstić information content (AvgIpc) is 1.85. The third kappa shape index (κ3) is 4.90. The molecular formula is C6H11N3. The van der Waals surface area contributed by atoms with E-state index in [-0.39, 0.29) is 6.67 Å². The van der Waals surface area contributed by atoms with E-state index in [9.17, 15) is 0 Å². The van der Waals surface area contributed by atoms with Crippen molar-refractivity contribution in [1.82, 2.24) is 0 Å². The molecule has 2 N–H and O–H groups in total. The van der Waals surface area contributed by atoms with Crippen molar-refractivity contribution in [3.8, 4) is 0 Å². The SMILES string of the molecule is C=C/C=C(/C)N=NCN. The van der Waals surface area contributed by atoms with Gasteiger partial charge in [0.15, 0.2) is 0 Å². The third-order valence-corrected chi connectivity index (χ3v) is 0.669. The summed E-state index contributed by atoms with van der Waals surface area (Å²) in [5.41, 5.74) is 5.87. The zero-order valence-corrected chi connectivity index (χ0v) is 5.54. The lowest BCUT2D eigenvalue weighted by Gasteiger charge is -1.84. The molecule has 3 nitrogen and oxygen atoms in total. The van der Waals surface area contributed by atoms with Gasteiger partial charge in [0.1, 0.15) is 6.67 Å². The number of allylic oxidation sites excluding steroid dienone is 3. The summed E-state index contributed by atoms with van der Waals surface area (Å²) >= 11 is 0. The first-order chi connectivity index (χ1) is 4.31. The van der Waals surface area contributed by atoms with Gasteiger partial charge in [0, 0.05) is 0 Å². The Bertz CT molecular complexity index is 135. The van der Waals surface area contributed by atoms with Crippen molar-refractivity contribution in [2.24, 2.45) is 16.0 Å². The molecule has 0 aliphatic heterocycles. The molecule has 0 bridgehead atoms. The third-order valence-electron chi connectivity index (χ3n) is 0.669. The molecule has 0 aromatic heterocycles. The average molecular weight is 125 g/mol. The summed E-state index contributed by atoms with van der Waals surface area (Å²) in [5.74, 6) is 0. The Balaban J connectivity index is 3.74. The molecule has 0 amide bonds. The van der Waals surface area contributed by atoms with E-state index >= 15 is 0 Å². The van der Waals surface area contributed by atoms with Gasteiger partial charge in [-0.25, -0.2) is 0 Å². The molecule has 0 saturated heterocycles. The minimum Gasteiger partial charge on any atom is -0.311 e. The van der Waals surface area contributed by atoms with Gasteiger partial charge in [-0.15, -0.1) is 0 Å². The van der Waals surface area contributed by atoms with Crippen molar-refractivity contribution in [3.63, 3.8) is 0 Å². The fourth-order valence-corrected chi connectivity index (χ4v) is 0.356. The van der Waals surface area contributed by atoms with Crippen LogP contribution in [-0.4, -0.2) is 6.67 Å². The lowest BCUT2D eigenvalue weighted by molar-refractivity contribution is 0.937. The number of nitrogens with zero attached hydrogens (tertiary/aromatic N) is 2. The second kappa shape index (κ2) is 5.18. The molecule has 0 atom stereocenters. The maximum absolute atomic E-state index is 5.06. The second-order valence-electron chi connectivity index (χ2n) is 1.47. The monoisotopic (exact) mass is 125 g/mol. The van der Waals surface area contributed by atoms with Crippen LogP contribution in [0.15, 0.2) is 34.7 Å². The second-order valence-corrected chi connectivity index (χ2v) is 1.47. The van der Waals surface area contributed by atoms with Gasteiger partial charge in [-0.2, -0.15) is 10.2 Å². The van der Waals surface area contributed by atoms with E-state index in [2.05, 4.69) is 16.8 Å². The predicted molar refractivity (Wildman–Crippen MR) is 37.9 cm³/mol. The van der Waals surface area contributed by atoms with Crippen molar-refractivity contribution in [1.29, 1.82) is 0 Å². The number of azo groups is 1. The van der Waals surface area contributed by atoms with Crippen LogP contribution < -0.4 is 5.73 Å². The summed E-state index contributed by atoms with van der Waals surface area (Å²) in [6.07, 6.45) is 3.42. The van der Waals surface area contributed by atoms with Crippen molar-refractivity contribution in [3.05, 3.63) is 24.4 Å². The summed E-state index contributed by atoms with van der Waals surface area (Å²) in [4.78, 5) is 0. The van der Waals surface area contributed by atoms with Crippen molar-refractivity contribution in [2.75, 3.05) is 6.67 Å². The minimum atomic E-state index is 0.238. The van der Waals surface area contributed by atoms with Crippen LogP contribution in [0.3, 0.4) is 0 Å². The summed E-state index contributed by atoms with van der Waals surface area (Å²) in [5, 5.41) is 7.30. The molecule has 0 saturated carbocycles. The van der Waals surface area contributed by atoms with Crippen molar-refractivity contribution < 1.29 is 0 Å². The normalized spacial score (nSPS) is 12.4. The molecule has 0 aliphatic rings. The van der Waals surface area contributed by atoms with E-state index in [4.69, 9.17) is 5.73 Å². The standard InChI is InChI=1S/C6H11N3/c1-3-4-6(2)9-8-5-7/h3-4H,1,5,7H2,2H3/b6-4-,9-8?. The molecule has 0 heterocycles. The molecule has 50 valence electrons. The fourth-order valence-electron chi connectivity index (χ4n) is 0.356. The summed E-state index contributed by atoms with van der Waals surface area (Å²) in [6.45, 7) is 5.57. The summed E-state index contributed by atoms with van der Waals surface area (Å²) in [6, 6.07) is 0. The van der Waals surface area contributed by atoms with Crippen LogP contribution in [0.1, 0.15) is 6.92 Å². The summed E-state index contributed by atoms with van der Waals surface area (Å²) < 4.78 is 0. The van der Waals surface area contributed by atoms with Crippen LogP contribution in [0.2, 0.25) is 0 Å². The van der Waals surface area contributed by atoms with Crippen molar-refractivity contribution in [2.45, 2.75) is 6.92 Å². The van der Waals surface area contributed by atoms with Crippen LogP contribution >= 0.6 is 0 Å². The zero-order valence-electron chi connectivity index (χ0n) is 5.54. The van der Waals surface area contributed by atoms with Crippen LogP contribution in [0, 0.1) is 0 Å². The Morgan fingerprint density at radius 3 is 2.89 bits per heavy atom. The van der Waals surface area contributed by atoms with Crippen LogP contribution in [0.4, 0.5) is 0 Å². The molecular weight excluding hydrogens is 114 g/mol. The Morgan fingerprint density at radius 1 is 1.78 bits per heavy atom. The number of rotatable bonds is 3. The molecule has 0 radical (unpaired) electrons. The molecule has 0 fully saturated rings. The fraction of sp³-hybridized carbons (Fsp3) is 0.333. The molecule has 9 heavy (non-hydrogen) atoms. The number of hydrogen-bond donors (Lipinski definition) is 1. The van der Waals surface area contributed by atoms with E-state index in [0.29, 0.717) is 0 Å². The Labute approximate surface area is 55.0 Å². The maximum Gasteiger partial charge on any atom is 0.108 e. The highest BCUT2D eigenvalue weighted by atomic mass is 15.1. The minimum absolute atomic E-state index is 0.238. The highest BCUT2D eigenvalue weighted by Gasteiger charge is 1.76. The first-order valence-electron chi connectivity index (χ1n) is 2.68. The van der Waals surface area contributed by atoms with Gasteiger partial charge < -0.3 is 5.73 Å². The van der Waals surface area contributed by atoms with E-state index < -0.39 is 0 Å². The first kappa shape index (κ1) is 8.04. The predicted octanol–water partition coefficient (Wildman–Crippen LogP) is 1.44. The highest BCUT2D eigenvalue weighted by Crippen LogP contribution is 1.93. The summed E-state index contributed by atoms with van der Waals surface area (Å²) in [7, 11) is 0. The van der Waals surface area contributed by atoms with Gasteiger partial charge in [0.25, 0.3) is 0 Å². The van der Waals surface area contributed by atoms with Gasteiger partial charge >= 0.3 is 0 Å². The number of hydrogen-bond acceptors (Lipinski definition) is 3. The topological polar surface area (TPSA) is 50.7 Å². The Morgan fingerprint density at radius 2 is 2.44 bits per heavy atom. The first-order valence-corrected chi connectivity index (χ1v) is 2.68. The molecule has 3 heteroatoms. The zero-order chi connectivity index (χ0) is 7.11. The van der Waals surface area contributed by atoms with E-state index in [1.54, 1.807) is 12.2 Å². The largest absolute Gasteiger partial charge is 0.311 e. The smallest absolute Gasteiger partial charge is 0.108 e. The van der Waals surface area contributed by atoms with Crippen LogP contribution in [0.5, 0.6) is 0 Å². The van der Waals surface area contributed by atoms with E-state index in [1.165, 1.54) is 0 Å². The lowest BCUT2D eigenvalue weighted by atomic mass is 10.4. The van der Waals surface area contributed by atoms with Gasteiger partial charge in [-0.05, 0) is 13.0 Å². The van der Waals surface area contributed by atoms with Gasteiger partial charge in [-0.1, -0.05) is 12.7 Å². The van der Waals surface area contributed by atoms with E-state index in [0.717, 1.165) is 5.70 Å². The molecule has 0 aliphatic carbocycles. The molecule has 0 aromatic carbocycles. The number of nitrogens with two attached hydrogens (primary N) is 1. The van der Waals surface area contributed by atoms with Gasteiger partial charge in [-0.3, -0.25) is 0 Å². The molecule has 0 aromatic rings.